The number of sulfonamides is 1. The molecule has 1 rings (SSSR count). The lowest BCUT2D eigenvalue weighted by atomic mass is 9.92. The first-order valence-corrected chi connectivity index (χ1v) is 9.17. The molecule has 0 aliphatic heterocycles. The van der Waals surface area contributed by atoms with Gasteiger partial charge in [0.25, 0.3) is 0 Å². The van der Waals surface area contributed by atoms with Crippen LogP contribution >= 0.6 is 0 Å². The maximum atomic E-state index is 12.5. The molecule has 0 fully saturated rings. The standard InChI is InChI=1S/C16H28N2O3S/c1-5-10-21-14-6-8-15(9-7-14)22(19,20)18-16(4,12-17)11-13(2)3/h6-9,13,18H,5,10-12,17H2,1-4H3. The van der Waals surface area contributed by atoms with Crippen molar-refractivity contribution >= 4 is 10.0 Å². The van der Waals surface area contributed by atoms with Crippen molar-refractivity contribution in [3.63, 3.8) is 0 Å². The third kappa shape index (κ3) is 5.59. The van der Waals surface area contributed by atoms with Crippen LogP contribution in [0.4, 0.5) is 0 Å². The normalized spacial score (nSPS) is 14.8. The minimum Gasteiger partial charge on any atom is -0.494 e. The lowest BCUT2D eigenvalue weighted by Crippen LogP contribution is -2.51. The lowest BCUT2D eigenvalue weighted by molar-refractivity contribution is 0.317. The molecule has 0 saturated carbocycles. The minimum absolute atomic E-state index is 0.222. The summed E-state index contributed by atoms with van der Waals surface area (Å²) in [5.41, 5.74) is 5.12. The third-order valence-electron chi connectivity index (χ3n) is 3.30. The van der Waals surface area contributed by atoms with E-state index in [9.17, 15) is 8.42 Å². The first-order valence-electron chi connectivity index (χ1n) is 7.69. The monoisotopic (exact) mass is 328 g/mol. The zero-order valence-corrected chi connectivity index (χ0v) is 14.7. The Morgan fingerprint density at radius 1 is 1.27 bits per heavy atom. The second kappa shape index (κ2) is 7.94. The summed E-state index contributed by atoms with van der Waals surface area (Å²) < 4.78 is 33.2. The molecule has 0 aliphatic carbocycles. The summed E-state index contributed by atoms with van der Waals surface area (Å²) in [4.78, 5) is 0.222. The molecule has 0 saturated heterocycles. The van der Waals surface area contributed by atoms with Crippen molar-refractivity contribution in [3.05, 3.63) is 24.3 Å². The molecule has 1 aromatic carbocycles. The predicted molar refractivity (Wildman–Crippen MR) is 89.5 cm³/mol. The molecule has 1 atom stereocenters. The first kappa shape index (κ1) is 18.9. The van der Waals surface area contributed by atoms with E-state index in [1.54, 1.807) is 24.3 Å². The second-order valence-electron chi connectivity index (χ2n) is 6.29. The second-order valence-corrected chi connectivity index (χ2v) is 7.97. The van der Waals surface area contributed by atoms with E-state index >= 15 is 0 Å². The Balaban J connectivity index is 2.89. The lowest BCUT2D eigenvalue weighted by Gasteiger charge is -2.30. The molecule has 1 aromatic rings. The van der Waals surface area contributed by atoms with Gasteiger partial charge in [0.1, 0.15) is 5.75 Å². The summed E-state index contributed by atoms with van der Waals surface area (Å²) in [6, 6.07) is 6.46. The van der Waals surface area contributed by atoms with Gasteiger partial charge in [-0.2, -0.15) is 0 Å². The fourth-order valence-electron chi connectivity index (χ4n) is 2.39. The smallest absolute Gasteiger partial charge is 0.241 e. The van der Waals surface area contributed by atoms with Gasteiger partial charge in [-0.05, 0) is 49.9 Å². The number of nitrogens with one attached hydrogen (secondary N) is 1. The Morgan fingerprint density at radius 3 is 2.32 bits per heavy atom. The van der Waals surface area contributed by atoms with Crippen LogP contribution in [0.2, 0.25) is 0 Å². The highest BCUT2D eigenvalue weighted by atomic mass is 32.2. The number of benzene rings is 1. The highest BCUT2D eigenvalue weighted by molar-refractivity contribution is 7.89. The van der Waals surface area contributed by atoms with Crippen LogP contribution in [0.15, 0.2) is 29.2 Å². The van der Waals surface area contributed by atoms with Crippen molar-refractivity contribution in [1.82, 2.24) is 4.72 Å². The number of hydrogen-bond donors (Lipinski definition) is 2. The molecule has 6 heteroatoms. The van der Waals surface area contributed by atoms with Gasteiger partial charge in [0.05, 0.1) is 11.5 Å². The van der Waals surface area contributed by atoms with Gasteiger partial charge in [0.2, 0.25) is 10.0 Å². The Kier molecular flexibility index (Phi) is 6.84. The average Bonchev–Trinajstić information content (AvgIpc) is 2.44. The molecular formula is C16H28N2O3S. The number of rotatable bonds is 9. The van der Waals surface area contributed by atoms with E-state index in [0.29, 0.717) is 24.7 Å². The van der Waals surface area contributed by atoms with Crippen molar-refractivity contribution < 1.29 is 13.2 Å². The zero-order valence-electron chi connectivity index (χ0n) is 13.9. The molecule has 0 aromatic heterocycles. The van der Waals surface area contributed by atoms with Crippen molar-refractivity contribution in [2.24, 2.45) is 11.7 Å². The summed E-state index contributed by atoms with van der Waals surface area (Å²) in [5.74, 6) is 1.02. The Morgan fingerprint density at radius 2 is 1.86 bits per heavy atom. The number of hydrogen-bond acceptors (Lipinski definition) is 4. The van der Waals surface area contributed by atoms with Gasteiger partial charge in [-0.3, -0.25) is 0 Å². The maximum Gasteiger partial charge on any atom is 0.241 e. The summed E-state index contributed by atoms with van der Waals surface area (Å²) in [6.07, 6.45) is 1.59. The predicted octanol–water partition coefficient (Wildman–Crippen LogP) is 2.52. The molecule has 1 unspecified atom stereocenters. The van der Waals surface area contributed by atoms with Gasteiger partial charge in [-0.1, -0.05) is 20.8 Å². The van der Waals surface area contributed by atoms with Crippen LogP contribution in [-0.4, -0.2) is 27.1 Å². The molecule has 5 nitrogen and oxygen atoms in total. The summed E-state index contributed by atoms with van der Waals surface area (Å²) in [6.45, 7) is 8.81. The molecule has 0 radical (unpaired) electrons. The van der Waals surface area contributed by atoms with Crippen LogP contribution in [0.25, 0.3) is 0 Å². The highest BCUT2D eigenvalue weighted by Crippen LogP contribution is 2.21. The molecule has 3 N–H and O–H groups in total. The van der Waals surface area contributed by atoms with Gasteiger partial charge in [-0.15, -0.1) is 0 Å². The third-order valence-corrected chi connectivity index (χ3v) is 4.95. The fourth-order valence-corrected chi connectivity index (χ4v) is 3.81. The van der Waals surface area contributed by atoms with Crippen molar-refractivity contribution in [3.8, 4) is 5.75 Å². The van der Waals surface area contributed by atoms with Gasteiger partial charge in [-0.25, -0.2) is 13.1 Å². The van der Waals surface area contributed by atoms with E-state index in [2.05, 4.69) is 4.72 Å². The van der Waals surface area contributed by atoms with Crippen molar-refractivity contribution in [1.29, 1.82) is 0 Å². The van der Waals surface area contributed by atoms with Crippen molar-refractivity contribution in [2.75, 3.05) is 13.2 Å². The summed E-state index contributed by atoms with van der Waals surface area (Å²) >= 11 is 0. The van der Waals surface area contributed by atoms with Gasteiger partial charge in [0.15, 0.2) is 0 Å². The Hall–Kier alpha value is -1.11. The van der Waals surface area contributed by atoms with E-state index in [-0.39, 0.29) is 11.4 Å². The highest BCUT2D eigenvalue weighted by Gasteiger charge is 2.30. The van der Waals surface area contributed by atoms with Crippen LogP contribution in [0.1, 0.15) is 40.5 Å². The Bertz CT molecular complexity index is 555. The molecular weight excluding hydrogens is 300 g/mol. The summed E-state index contributed by atoms with van der Waals surface area (Å²) in [5, 5.41) is 0. The Labute approximate surface area is 134 Å². The van der Waals surface area contributed by atoms with E-state index in [0.717, 1.165) is 6.42 Å². The van der Waals surface area contributed by atoms with Crippen LogP contribution in [0, 0.1) is 5.92 Å². The zero-order chi connectivity index (χ0) is 16.8. The maximum absolute atomic E-state index is 12.5. The van der Waals surface area contributed by atoms with Crippen LogP contribution < -0.4 is 15.2 Å². The molecule has 22 heavy (non-hydrogen) atoms. The average molecular weight is 328 g/mol. The van der Waals surface area contributed by atoms with Gasteiger partial charge >= 0.3 is 0 Å². The van der Waals surface area contributed by atoms with Crippen molar-refractivity contribution in [2.45, 2.75) is 51.0 Å². The molecule has 0 aliphatic rings. The van der Waals surface area contributed by atoms with Crippen LogP contribution in [0.3, 0.4) is 0 Å². The van der Waals surface area contributed by atoms with E-state index in [1.165, 1.54) is 0 Å². The number of nitrogens with two attached hydrogens (primary N) is 1. The van der Waals surface area contributed by atoms with E-state index in [1.807, 2.05) is 27.7 Å². The molecule has 0 spiro atoms. The van der Waals surface area contributed by atoms with Gasteiger partial charge < -0.3 is 10.5 Å². The molecule has 0 bridgehead atoms. The quantitative estimate of drug-likeness (QED) is 0.730. The SMILES string of the molecule is CCCOc1ccc(S(=O)(=O)NC(C)(CN)CC(C)C)cc1. The molecule has 126 valence electrons. The topological polar surface area (TPSA) is 81.4 Å². The fraction of sp³-hybridized carbons (Fsp3) is 0.625. The largest absolute Gasteiger partial charge is 0.494 e. The molecule has 0 amide bonds. The van der Waals surface area contributed by atoms with Crippen LogP contribution in [0.5, 0.6) is 5.75 Å². The van der Waals surface area contributed by atoms with E-state index in [4.69, 9.17) is 10.5 Å². The van der Waals surface area contributed by atoms with Crippen LogP contribution in [-0.2, 0) is 10.0 Å². The molecule has 0 heterocycles. The number of ether oxygens (including phenoxy) is 1. The first-order chi connectivity index (χ1) is 10.2. The summed E-state index contributed by atoms with van der Waals surface area (Å²) in [7, 11) is -3.60. The minimum atomic E-state index is -3.60. The van der Waals surface area contributed by atoms with E-state index < -0.39 is 15.6 Å². The van der Waals surface area contributed by atoms with Gasteiger partial charge in [0, 0.05) is 12.1 Å².